The maximum atomic E-state index is 11.3. The third-order valence-electron chi connectivity index (χ3n) is 2.81. The summed E-state index contributed by atoms with van der Waals surface area (Å²) in [4.78, 5) is 11.3. The van der Waals surface area contributed by atoms with Gasteiger partial charge in [-0.05, 0) is 36.8 Å². The van der Waals surface area contributed by atoms with Gasteiger partial charge in [-0.25, -0.2) is 0 Å². The molecule has 2 rings (SSSR count). The van der Waals surface area contributed by atoms with Gasteiger partial charge in [0.05, 0.1) is 0 Å². The van der Waals surface area contributed by atoms with Crippen molar-refractivity contribution in [3.05, 3.63) is 63.6 Å². The molecule has 98 valence electrons. The lowest BCUT2D eigenvalue weighted by atomic mass is 10.1. The van der Waals surface area contributed by atoms with Crippen LogP contribution in [0.4, 0.5) is 0 Å². The van der Waals surface area contributed by atoms with Crippen molar-refractivity contribution in [2.75, 3.05) is 0 Å². The monoisotopic (exact) mass is 319 g/mol. The summed E-state index contributed by atoms with van der Waals surface area (Å²) in [6.07, 6.45) is 0. The first-order valence-electron chi connectivity index (χ1n) is 5.84. The van der Waals surface area contributed by atoms with E-state index in [4.69, 9.17) is 10.5 Å². The van der Waals surface area contributed by atoms with Crippen molar-refractivity contribution in [2.45, 2.75) is 13.5 Å². The molecule has 0 saturated carbocycles. The molecule has 0 spiro atoms. The molecule has 4 heteroatoms. The Balaban J connectivity index is 2.14. The number of rotatable bonds is 4. The van der Waals surface area contributed by atoms with Crippen LogP contribution in [-0.2, 0) is 6.61 Å². The number of aryl methyl sites for hydroxylation is 1. The predicted molar refractivity (Wildman–Crippen MR) is 78.2 cm³/mol. The highest BCUT2D eigenvalue weighted by Crippen LogP contribution is 2.22. The molecule has 0 aromatic heterocycles. The zero-order valence-electron chi connectivity index (χ0n) is 10.5. The van der Waals surface area contributed by atoms with Crippen LogP contribution in [-0.4, -0.2) is 5.91 Å². The highest BCUT2D eigenvalue weighted by atomic mass is 79.9. The Bertz CT molecular complexity index is 611. The van der Waals surface area contributed by atoms with Gasteiger partial charge < -0.3 is 10.5 Å². The minimum Gasteiger partial charge on any atom is -0.489 e. The highest BCUT2D eigenvalue weighted by molar-refractivity contribution is 9.10. The number of hydrogen-bond acceptors (Lipinski definition) is 2. The lowest BCUT2D eigenvalue weighted by Gasteiger charge is -2.10. The van der Waals surface area contributed by atoms with Gasteiger partial charge in [-0.2, -0.15) is 0 Å². The van der Waals surface area contributed by atoms with E-state index in [0.717, 1.165) is 21.3 Å². The van der Waals surface area contributed by atoms with Gasteiger partial charge in [0, 0.05) is 15.6 Å². The summed E-state index contributed by atoms with van der Waals surface area (Å²) in [5, 5.41) is 0. The van der Waals surface area contributed by atoms with Crippen LogP contribution in [0.1, 0.15) is 21.5 Å². The maximum absolute atomic E-state index is 11.3. The van der Waals surface area contributed by atoms with Gasteiger partial charge >= 0.3 is 0 Å². The first kappa shape index (κ1) is 13.6. The molecule has 1 amide bonds. The summed E-state index contributed by atoms with van der Waals surface area (Å²) in [5.74, 6) is 0.325. The molecule has 0 heterocycles. The van der Waals surface area contributed by atoms with E-state index >= 15 is 0 Å². The van der Waals surface area contributed by atoms with Gasteiger partial charge in [0.2, 0.25) is 5.91 Å². The van der Waals surface area contributed by atoms with Gasteiger partial charge in [0.15, 0.2) is 0 Å². The fourth-order valence-electron chi connectivity index (χ4n) is 1.75. The average molecular weight is 320 g/mol. The standard InChI is InChI=1S/C15H14BrNO2/c1-10-8-12(6-7-14(10)16)19-9-11-4-2-3-5-13(11)15(17)18/h2-8H,9H2,1H3,(H2,17,18). The highest BCUT2D eigenvalue weighted by Gasteiger charge is 2.07. The molecule has 0 aliphatic heterocycles. The first-order valence-corrected chi connectivity index (χ1v) is 6.64. The van der Waals surface area contributed by atoms with E-state index in [1.807, 2.05) is 37.3 Å². The van der Waals surface area contributed by atoms with E-state index in [9.17, 15) is 4.79 Å². The molecule has 2 aromatic carbocycles. The Kier molecular flexibility index (Phi) is 4.22. The Morgan fingerprint density at radius 2 is 2.00 bits per heavy atom. The molecule has 3 nitrogen and oxygen atoms in total. The molecule has 0 radical (unpaired) electrons. The molecular formula is C15H14BrNO2. The molecular weight excluding hydrogens is 306 g/mol. The average Bonchev–Trinajstić information content (AvgIpc) is 2.40. The molecule has 0 aliphatic carbocycles. The van der Waals surface area contributed by atoms with E-state index in [1.54, 1.807) is 12.1 Å². The molecule has 2 N–H and O–H groups in total. The minimum absolute atomic E-state index is 0.320. The van der Waals surface area contributed by atoms with Crippen molar-refractivity contribution in [1.82, 2.24) is 0 Å². The summed E-state index contributed by atoms with van der Waals surface area (Å²) in [6.45, 7) is 2.31. The van der Waals surface area contributed by atoms with Gasteiger partial charge in [-0.3, -0.25) is 4.79 Å². The van der Waals surface area contributed by atoms with Crippen molar-refractivity contribution in [3.63, 3.8) is 0 Å². The quantitative estimate of drug-likeness (QED) is 0.938. The van der Waals surface area contributed by atoms with E-state index in [-0.39, 0.29) is 0 Å². The molecule has 0 unspecified atom stereocenters. The molecule has 0 bridgehead atoms. The Labute approximate surface area is 120 Å². The second kappa shape index (κ2) is 5.89. The molecule has 0 fully saturated rings. The van der Waals surface area contributed by atoms with Crippen molar-refractivity contribution < 1.29 is 9.53 Å². The smallest absolute Gasteiger partial charge is 0.249 e. The number of carbonyl (C=O) groups excluding carboxylic acids is 1. The van der Waals surface area contributed by atoms with Crippen molar-refractivity contribution in [3.8, 4) is 5.75 Å². The van der Waals surface area contributed by atoms with Crippen LogP contribution in [0.3, 0.4) is 0 Å². The summed E-state index contributed by atoms with van der Waals surface area (Å²) in [5.41, 5.74) is 7.71. The zero-order chi connectivity index (χ0) is 13.8. The van der Waals surface area contributed by atoms with Gasteiger partial charge in [0.1, 0.15) is 12.4 Å². The number of ether oxygens (including phenoxy) is 1. The van der Waals surface area contributed by atoms with E-state index in [0.29, 0.717) is 12.2 Å². The number of amides is 1. The van der Waals surface area contributed by atoms with Gasteiger partial charge in [0.25, 0.3) is 0 Å². The largest absolute Gasteiger partial charge is 0.489 e. The summed E-state index contributed by atoms with van der Waals surface area (Å²) in [6, 6.07) is 12.9. The third kappa shape index (κ3) is 3.35. The number of halogens is 1. The Morgan fingerprint density at radius 1 is 1.26 bits per heavy atom. The van der Waals surface area contributed by atoms with Crippen molar-refractivity contribution >= 4 is 21.8 Å². The van der Waals surface area contributed by atoms with E-state index in [1.165, 1.54) is 0 Å². The number of carbonyl (C=O) groups is 1. The summed E-state index contributed by atoms with van der Waals surface area (Å²) < 4.78 is 6.73. The molecule has 0 aliphatic rings. The molecule has 0 atom stereocenters. The number of hydrogen-bond donors (Lipinski definition) is 1. The fraction of sp³-hybridized carbons (Fsp3) is 0.133. The fourth-order valence-corrected chi connectivity index (χ4v) is 2.00. The summed E-state index contributed by atoms with van der Waals surface area (Å²) in [7, 11) is 0. The van der Waals surface area contributed by atoms with Gasteiger partial charge in [-0.15, -0.1) is 0 Å². The first-order chi connectivity index (χ1) is 9.08. The summed E-state index contributed by atoms with van der Waals surface area (Å²) >= 11 is 3.44. The molecule has 19 heavy (non-hydrogen) atoms. The van der Waals surface area contributed by atoms with Crippen LogP contribution < -0.4 is 10.5 Å². The lowest BCUT2D eigenvalue weighted by Crippen LogP contribution is -2.14. The number of nitrogens with two attached hydrogens (primary N) is 1. The second-order valence-corrected chi connectivity index (χ2v) is 5.08. The van der Waals surface area contributed by atoms with Crippen LogP contribution in [0.5, 0.6) is 5.75 Å². The minimum atomic E-state index is -0.439. The van der Waals surface area contributed by atoms with Crippen LogP contribution in [0.25, 0.3) is 0 Å². The lowest BCUT2D eigenvalue weighted by molar-refractivity contribution is 0.0998. The van der Waals surface area contributed by atoms with Crippen molar-refractivity contribution in [1.29, 1.82) is 0 Å². The van der Waals surface area contributed by atoms with Crippen LogP contribution in [0.2, 0.25) is 0 Å². The number of benzene rings is 2. The Morgan fingerprint density at radius 3 is 2.68 bits per heavy atom. The SMILES string of the molecule is Cc1cc(OCc2ccccc2C(N)=O)ccc1Br. The zero-order valence-corrected chi connectivity index (χ0v) is 12.1. The maximum Gasteiger partial charge on any atom is 0.249 e. The van der Waals surface area contributed by atoms with Crippen LogP contribution >= 0.6 is 15.9 Å². The van der Waals surface area contributed by atoms with Crippen molar-refractivity contribution in [2.24, 2.45) is 5.73 Å². The van der Waals surface area contributed by atoms with Gasteiger partial charge in [-0.1, -0.05) is 34.1 Å². The van der Waals surface area contributed by atoms with E-state index in [2.05, 4.69) is 15.9 Å². The number of primary amides is 1. The Hall–Kier alpha value is -1.81. The van der Waals surface area contributed by atoms with Crippen LogP contribution in [0, 0.1) is 6.92 Å². The normalized spacial score (nSPS) is 10.2. The predicted octanol–water partition coefficient (Wildman–Crippen LogP) is 3.44. The topological polar surface area (TPSA) is 52.3 Å². The van der Waals surface area contributed by atoms with Crippen LogP contribution in [0.15, 0.2) is 46.9 Å². The molecule has 2 aromatic rings. The van der Waals surface area contributed by atoms with E-state index < -0.39 is 5.91 Å². The molecule has 0 saturated heterocycles. The second-order valence-electron chi connectivity index (χ2n) is 4.22. The third-order valence-corrected chi connectivity index (χ3v) is 3.70.